The summed E-state index contributed by atoms with van der Waals surface area (Å²) in [7, 11) is -1.30. The molecule has 2 fully saturated rings. The summed E-state index contributed by atoms with van der Waals surface area (Å²) in [4.78, 5) is 8.90. The summed E-state index contributed by atoms with van der Waals surface area (Å²) >= 11 is 0. The fourth-order valence-corrected chi connectivity index (χ4v) is 5.17. The Labute approximate surface area is 186 Å². The first-order chi connectivity index (χ1) is 12.8. The molecule has 158 valence electrons. The standard InChI is InChI=1S/C20H32N4O2S.HI/c1-20(2)16-24(12-13-27(20,25)26)19(21-3)22-14-17-6-8-18(9-7-17)15-23-10-4-5-11-23;/h6-9H,4-5,10-16H2,1-3H3,(H,21,22);1H. The lowest BCUT2D eigenvalue weighted by Gasteiger charge is -2.39. The fourth-order valence-electron chi connectivity index (χ4n) is 3.80. The minimum atomic E-state index is -3.05. The van der Waals surface area contributed by atoms with Gasteiger partial charge < -0.3 is 10.2 Å². The van der Waals surface area contributed by atoms with E-state index in [1.165, 1.54) is 37.1 Å². The normalized spacial score (nSPS) is 22.0. The second kappa shape index (κ2) is 9.75. The number of likely N-dealkylation sites (tertiary alicyclic amines) is 1. The van der Waals surface area contributed by atoms with Gasteiger partial charge >= 0.3 is 0 Å². The zero-order chi connectivity index (χ0) is 19.5. The molecule has 2 heterocycles. The van der Waals surface area contributed by atoms with E-state index < -0.39 is 14.6 Å². The molecule has 0 bridgehead atoms. The predicted octanol–water partition coefficient (Wildman–Crippen LogP) is 2.48. The Morgan fingerprint density at radius 2 is 1.71 bits per heavy atom. The quantitative estimate of drug-likeness (QED) is 0.376. The highest BCUT2D eigenvalue weighted by Gasteiger charge is 2.40. The van der Waals surface area contributed by atoms with Gasteiger partial charge in [-0.15, -0.1) is 24.0 Å². The molecule has 1 aromatic rings. The summed E-state index contributed by atoms with van der Waals surface area (Å²) in [5.74, 6) is 0.936. The first-order valence-corrected chi connectivity index (χ1v) is 11.4. The maximum atomic E-state index is 12.2. The van der Waals surface area contributed by atoms with E-state index in [-0.39, 0.29) is 29.7 Å². The smallest absolute Gasteiger partial charge is 0.193 e. The predicted molar refractivity (Wildman–Crippen MR) is 126 cm³/mol. The van der Waals surface area contributed by atoms with Crippen molar-refractivity contribution in [2.45, 2.75) is 44.5 Å². The fraction of sp³-hybridized carbons (Fsp3) is 0.650. The Balaban J connectivity index is 0.00000280. The van der Waals surface area contributed by atoms with Gasteiger partial charge in [-0.25, -0.2) is 8.42 Å². The topological polar surface area (TPSA) is 65.0 Å². The molecular formula is C20H33IN4O2S. The SMILES string of the molecule is CN=C(NCc1ccc(CN2CCCC2)cc1)N1CCS(=O)(=O)C(C)(C)C1.I. The van der Waals surface area contributed by atoms with Crippen molar-refractivity contribution in [2.75, 3.05) is 39.0 Å². The summed E-state index contributed by atoms with van der Waals surface area (Å²) in [6.07, 6.45) is 2.63. The molecule has 6 nitrogen and oxygen atoms in total. The number of guanidine groups is 1. The Kier molecular flexibility index (Phi) is 8.16. The van der Waals surface area contributed by atoms with Crippen LogP contribution in [0, 0.1) is 0 Å². The zero-order valence-electron chi connectivity index (χ0n) is 17.1. The van der Waals surface area contributed by atoms with Gasteiger partial charge in [-0.05, 0) is 50.9 Å². The largest absolute Gasteiger partial charge is 0.352 e. The Morgan fingerprint density at radius 1 is 1.11 bits per heavy atom. The van der Waals surface area contributed by atoms with Crippen molar-refractivity contribution in [1.29, 1.82) is 0 Å². The minimum absolute atomic E-state index is 0. The third kappa shape index (κ3) is 5.60. The third-order valence-corrected chi connectivity index (χ3v) is 8.17. The van der Waals surface area contributed by atoms with Crippen LogP contribution in [0.3, 0.4) is 0 Å². The van der Waals surface area contributed by atoms with Gasteiger partial charge in [-0.2, -0.15) is 0 Å². The first kappa shape index (κ1) is 23.4. The Morgan fingerprint density at radius 3 is 2.29 bits per heavy atom. The summed E-state index contributed by atoms with van der Waals surface area (Å²) in [6.45, 7) is 8.67. The van der Waals surface area contributed by atoms with E-state index in [1.807, 2.05) is 4.90 Å². The van der Waals surface area contributed by atoms with Crippen LogP contribution in [0.4, 0.5) is 0 Å². The summed E-state index contributed by atoms with van der Waals surface area (Å²) < 4.78 is 23.7. The average Bonchev–Trinajstić information content (AvgIpc) is 3.13. The van der Waals surface area contributed by atoms with Crippen LogP contribution in [-0.4, -0.2) is 67.9 Å². The summed E-state index contributed by atoms with van der Waals surface area (Å²) in [5.41, 5.74) is 2.55. The van der Waals surface area contributed by atoms with Gasteiger partial charge in [0.05, 0.1) is 10.5 Å². The van der Waals surface area contributed by atoms with E-state index in [1.54, 1.807) is 20.9 Å². The molecule has 0 aromatic heterocycles. The number of aliphatic imine (C=N–C) groups is 1. The van der Waals surface area contributed by atoms with Gasteiger partial charge in [-0.3, -0.25) is 9.89 Å². The number of rotatable bonds is 4. The molecule has 8 heteroatoms. The molecule has 2 aliphatic rings. The van der Waals surface area contributed by atoms with Crippen LogP contribution < -0.4 is 5.32 Å². The number of benzene rings is 1. The van der Waals surface area contributed by atoms with Gasteiger partial charge in [-0.1, -0.05) is 24.3 Å². The lowest BCUT2D eigenvalue weighted by Crippen LogP contribution is -2.57. The number of hydrogen-bond donors (Lipinski definition) is 1. The van der Waals surface area contributed by atoms with Gasteiger partial charge in [0.15, 0.2) is 15.8 Å². The van der Waals surface area contributed by atoms with Crippen LogP contribution in [0.15, 0.2) is 29.3 Å². The van der Waals surface area contributed by atoms with Crippen molar-refractivity contribution in [1.82, 2.24) is 15.1 Å². The van der Waals surface area contributed by atoms with E-state index in [9.17, 15) is 8.42 Å². The van der Waals surface area contributed by atoms with Crippen molar-refractivity contribution in [3.05, 3.63) is 35.4 Å². The molecule has 2 aliphatic heterocycles. The highest BCUT2D eigenvalue weighted by atomic mass is 127. The molecule has 1 aromatic carbocycles. The van der Waals surface area contributed by atoms with Crippen LogP contribution in [-0.2, 0) is 22.9 Å². The molecule has 0 aliphatic carbocycles. The lowest BCUT2D eigenvalue weighted by atomic mass is 10.1. The molecule has 3 rings (SSSR count). The van der Waals surface area contributed by atoms with Gasteiger partial charge in [0.25, 0.3) is 0 Å². The highest BCUT2D eigenvalue weighted by Crippen LogP contribution is 2.23. The second-order valence-corrected chi connectivity index (χ2v) is 10.9. The average molecular weight is 520 g/mol. The number of halogens is 1. The molecule has 0 amide bonds. The number of sulfone groups is 1. The van der Waals surface area contributed by atoms with Gasteiger partial charge in [0, 0.05) is 33.2 Å². The first-order valence-electron chi connectivity index (χ1n) is 9.79. The second-order valence-electron chi connectivity index (χ2n) is 8.20. The van der Waals surface area contributed by atoms with Crippen LogP contribution in [0.1, 0.15) is 37.8 Å². The molecule has 0 spiro atoms. The van der Waals surface area contributed by atoms with Crippen molar-refractivity contribution in [3.63, 3.8) is 0 Å². The van der Waals surface area contributed by atoms with Crippen molar-refractivity contribution < 1.29 is 8.42 Å². The van der Waals surface area contributed by atoms with Crippen LogP contribution >= 0.6 is 24.0 Å². The van der Waals surface area contributed by atoms with Crippen LogP contribution in [0.2, 0.25) is 0 Å². The molecule has 0 saturated carbocycles. The van der Waals surface area contributed by atoms with Gasteiger partial charge in [0.2, 0.25) is 0 Å². The van der Waals surface area contributed by atoms with Crippen molar-refractivity contribution >= 4 is 39.8 Å². The van der Waals surface area contributed by atoms with E-state index in [4.69, 9.17) is 0 Å². The van der Waals surface area contributed by atoms with Gasteiger partial charge in [0.1, 0.15) is 0 Å². The van der Waals surface area contributed by atoms with E-state index in [2.05, 4.69) is 39.5 Å². The van der Waals surface area contributed by atoms with E-state index in [0.29, 0.717) is 19.6 Å². The lowest BCUT2D eigenvalue weighted by molar-refractivity contribution is 0.331. The molecule has 0 unspecified atom stereocenters. The molecule has 0 radical (unpaired) electrons. The maximum Gasteiger partial charge on any atom is 0.193 e. The molecule has 0 atom stereocenters. The Bertz CT molecular complexity index is 772. The highest BCUT2D eigenvalue weighted by molar-refractivity contribution is 14.0. The van der Waals surface area contributed by atoms with Crippen molar-refractivity contribution in [3.8, 4) is 0 Å². The molecular weight excluding hydrogens is 487 g/mol. The molecule has 28 heavy (non-hydrogen) atoms. The minimum Gasteiger partial charge on any atom is -0.352 e. The van der Waals surface area contributed by atoms with Crippen LogP contribution in [0.25, 0.3) is 0 Å². The monoisotopic (exact) mass is 520 g/mol. The Hall–Kier alpha value is -0.870. The van der Waals surface area contributed by atoms with Crippen LogP contribution in [0.5, 0.6) is 0 Å². The number of hydrogen-bond acceptors (Lipinski definition) is 4. The summed E-state index contributed by atoms with van der Waals surface area (Å²) in [6, 6.07) is 8.73. The summed E-state index contributed by atoms with van der Waals surface area (Å²) in [5, 5.41) is 3.38. The third-order valence-electron chi connectivity index (χ3n) is 5.63. The number of nitrogens with one attached hydrogen (secondary N) is 1. The van der Waals surface area contributed by atoms with Crippen molar-refractivity contribution in [2.24, 2.45) is 4.99 Å². The van der Waals surface area contributed by atoms with E-state index >= 15 is 0 Å². The van der Waals surface area contributed by atoms with E-state index in [0.717, 1.165) is 12.5 Å². The molecule has 1 N–H and O–H groups in total. The molecule has 2 saturated heterocycles. The number of nitrogens with zero attached hydrogens (tertiary/aromatic N) is 3. The zero-order valence-corrected chi connectivity index (χ0v) is 20.3. The maximum absolute atomic E-state index is 12.2.